The molecule has 4 rings (SSSR count). The third kappa shape index (κ3) is 4.83. The summed E-state index contributed by atoms with van der Waals surface area (Å²) in [6.45, 7) is 4.64. The van der Waals surface area contributed by atoms with Gasteiger partial charge < -0.3 is 0 Å². The van der Waals surface area contributed by atoms with Gasteiger partial charge in [-0.05, 0) is 49.9 Å². The summed E-state index contributed by atoms with van der Waals surface area (Å²) in [7, 11) is 0. The minimum atomic E-state index is -0.735. The molecule has 0 aliphatic carbocycles. The summed E-state index contributed by atoms with van der Waals surface area (Å²) < 4.78 is 30.1. The number of thiazole rings is 1. The van der Waals surface area contributed by atoms with E-state index in [0.717, 1.165) is 39.2 Å². The van der Waals surface area contributed by atoms with Crippen molar-refractivity contribution in [2.45, 2.75) is 31.7 Å². The molecule has 0 aliphatic rings. The number of aromatic nitrogens is 3. The van der Waals surface area contributed by atoms with E-state index in [1.54, 1.807) is 16.7 Å². The topological polar surface area (TPSA) is 51.0 Å². The number of fused-ring (bicyclic) bond motifs is 1. The van der Waals surface area contributed by atoms with Crippen LogP contribution in [0, 0.1) is 25.5 Å². The quantitative estimate of drug-likeness (QED) is 0.339. The highest BCUT2D eigenvalue weighted by Crippen LogP contribution is 2.31. The minimum Gasteiger partial charge on any atom is -0.286 e. The Balaban J connectivity index is 1.64. The van der Waals surface area contributed by atoms with Gasteiger partial charge in [-0.25, -0.2) is 13.8 Å². The maximum atomic E-state index is 14.2. The molecule has 4 aromatic rings. The van der Waals surface area contributed by atoms with Gasteiger partial charge in [-0.15, -0.1) is 11.8 Å². The van der Waals surface area contributed by atoms with E-state index in [1.165, 1.54) is 6.07 Å². The lowest BCUT2D eigenvalue weighted by Crippen LogP contribution is -2.35. The molecule has 0 bridgehead atoms. The second-order valence-corrected chi connectivity index (χ2v) is 9.34. The van der Waals surface area contributed by atoms with Gasteiger partial charge in [0.15, 0.2) is 10.9 Å². The highest BCUT2D eigenvalue weighted by Gasteiger charge is 2.22. The summed E-state index contributed by atoms with van der Waals surface area (Å²) in [5.41, 5.74) is 2.83. The molecule has 0 saturated carbocycles. The zero-order valence-electron chi connectivity index (χ0n) is 17.9. The molecule has 0 aliphatic heterocycles. The molecule has 0 fully saturated rings. The molecule has 2 aromatic carbocycles. The smallest absolute Gasteiger partial charge is 0.233 e. The Morgan fingerprint density at radius 3 is 2.56 bits per heavy atom. The molecular formula is C23H22F2N4OS2. The molecule has 32 heavy (non-hydrogen) atoms. The number of thioether (sulfide) groups is 1. The van der Waals surface area contributed by atoms with E-state index in [0.29, 0.717) is 22.9 Å². The predicted molar refractivity (Wildman–Crippen MR) is 126 cm³/mol. The summed E-state index contributed by atoms with van der Waals surface area (Å²) in [6, 6.07) is 11.8. The van der Waals surface area contributed by atoms with Gasteiger partial charge in [-0.2, -0.15) is 5.10 Å². The number of hydrogen-bond donors (Lipinski definition) is 0. The van der Waals surface area contributed by atoms with Gasteiger partial charge in [0.05, 0.1) is 23.4 Å². The van der Waals surface area contributed by atoms with Gasteiger partial charge in [0.1, 0.15) is 11.3 Å². The monoisotopic (exact) mass is 472 g/mol. The Morgan fingerprint density at radius 2 is 1.91 bits per heavy atom. The lowest BCUT2D eigenvalue weighted by molar-refractivity contribution is -0.118. The summed E-state index contributed by atoms with van der Waals surface area (Å²) in [5, 5.41) is 4.80. The van der Waals surface area contributed by atoms with E-state index in [4.69, 9.17) is 0 Å². The average Bonchev–Trinajstić information content (AvgIpc) is 3.31. The first-order chi connectivity index (χ1) is 15.3. The van der Waals surface area contributed by atoms with Crippen molar-refractivity contribution in [2.24, 2.45) is 0 Å². The first kappa shape index (κ1) is 22.4. The van der Waals surface area contributed by atoms with Gasteiger partial charge in [0.25, 0.3) is 0 Å². The van der Waals surface area contributed by atoms with Crippen molar-refractivity contribution in [3.05, 3.63) is 71.1 Å². The lowest BCUT2D eigenvalue weighted by atomic mass is 10.1. The van der Waals surface area contributed by atoms with Crippen LogP contribution in [0.2, 0.25) is 0 Å². The van der Waals surface area contributed by atoms with Crippen molar-refractivity contribution >= 4 is 44.4 Å². The summed E-state index contributed by atoms with van der Waals surface area (Å²) in [4.78, 5) is 20.3. The second kappa shape index (κ2) is 9.38. The van der Waals surface area contributed by atoms with E-state index < -0.39 is 11.6 Å². The number of carbonyl (C=O) groups excluding carboxylic acids is 1. The molecule has 2 aromatic heterocycles. The number of halogens is 2. The fourth-order valence-electron chi connectivity index (χ4n) is 3.50. The van der Waals surface area contributed by atoms with Gasteiger partial charge >= 0.3 is 0 Å². The molecule has 166 valence electrons. The number of hydrogen-bond acceptors (Lipinski definition) is 5. The van der Waals surface area contributed by atoms with Crippen LogP contribution in [-0.4, -0.2) is 33.5 Å². The normalized spacial score (nSPS) is 11.3. The Morgan fingerprint density at radius 1 is 1.16 bits per heavy atom. The van der Waals surface area contributed by atoms with Crippen molar-refractivity contribution in [2.75, 3.05) is 17.7 Å². The zero-order valence-corrected chi connectivity index (χ0v) is 19.6. The second-order valence-electron chi connectivity index (χ2n) is 7.45. The summed E-state index contributed by atoms with van der Waals surface area (Å²) in [5.74, 6) is -1.57. The molecule has 0 spiro atoms. The van der Waals surface area contributed by atoms with Crippen LogP contribution in [0.5, 0.6) is 0 Å². The summed E-state index contributed by atoms with van der Waals surface area (Å²) in [6.07, 6.45) is 2.18. The Kier molecular flexibility index (Phi) is 6.57. The minimum absolute atomic E-state index is 0.0691. The lowest BCUT2D eigenvalue weighted by Gasteiger charge is -2.20. The Labute approximate surface area is 193 Å². The Hall–Kier alpha value is -2.78. The number of rotatable bonds is 7. The molecule has 5 nitrogen and oxygen atoms in total. The first-order valence-electron chi connectivity index (χ1n) is 10.0. The van der Waals surface area contributed by atoms with Crippen LogP contribution >= 0.6 is 23.1 Å². The average molecular weight is 473 g/mol. The molecule has 9 heteroatoms. The highest BCUT2D eigenvalue weighted by molar-refractivity contribution is 7.98. The van der Waals surface area contributed by atoms with E-state index in [-0.39, 0.29) is 17.8 Å². The van der Waals surface area contributed by atoms with Gasteiger partial charge in [-0.3, -0.25) is 14.4 Å². The van der Waals surface area contributed by atoms with E-state index >= 15 is 0 Å². The van der Waals surface area contributed by atoms with Crippen LogP contribution in [-0.2, 0) is 17.8 Å². The molecule has 0 atom stereocenters. The molecule has 0 saturated heterocycles. The van der Waals surface area contributed by atoms with E-state index in [1.807, 2.05) is 55.1 Å². The molecule has 0 radical (unpaired) electrons. The predicted octanol–water partition coefficient (Wildman–Crippen LogP) is 5.39. The number of anilines is 1. The van der Waals surface area contributed by atoms with Crippen LogP contribution in [0.25, 0.3) is 10.2 Å². The number of benzene rings is 2. The van der Waals surface area contributed by atoms with Crippen LogP contribution < -0.4 is 4.90 Å². The fourth-order valence-corrected chi connectivity index (χ4v) is 4.95. The van der Waals surface area contributed by atoms with Crippen LogP contribution in [0.15, 0.2) is 47.4 Å². The van der Waals surface area contributed by atoms with Crippen molar-refractivity contribution in [3.63, 3.8) is 0 Å². The van der Waals surface area contributed by atoms with E-state index in [2.05, 4.69) is 10.1 Å². The number of nitrogens with zero attached hydrogens (tertiary/aromatic N) is 4. The largest absolute Gasteiger partial charge is 0.286 e. The van der Waals surface area contributed by atoms with Crippen molar-refractivity contribution in [1.82, 2.24) is 14.8 Å². The summed E-state index contributed by atoms with van der Waals surface area (Å²) >= 11 is 2.74. The highest BCUT2D eigenvalue weighted by atomic mass is 32.2. The van der Waals surface area contributed by atoms with Gasteiger partial charge in [-0.1, -0.05) is 23.5 Å². The molecule has 1 amide bonds. The van der Waals surface area contributed by atoms with Crippen molar-refractivity contribution in [3.8, 4) is 0 Å². The SMILES string of the molecule is CSc1ccc(CC(=O)N(CCn2nc(C)cc2C)c2nc3c(F)cc(F)cc3s2)cc1. The maximum Gasteiger partial charge on any atom is 0.233 e. The standard InChI is InChI=1S/C23H22F2N4OS2/c1-14-10-15(2)29(27-14)9-8-28(21(30)11-16-4-6-18(31-3)7-5-16)23-26-22-19(25)12-17(24)13-20(22)32-23/h4-7,10,12-13H,8-9,11H2,1-3H3. The van der Waals surface area contributed by atoms with Crippen molar-refractivity contribution in [1.29, 1.82) is 0 Å². The third-order valence-corrected chi connectivity index (χ3v) is 6.86. The zero-order chi connectivity index (χ0) is 22.8. The number of carbonyl (C=O) groups is 1. The molecule has 0 unspecified atom stereocenters. The maximum absolute atomic E-state index is 14.2. The van der Waals surface area contributed by atoms with Gasteiger partial charge in [0, 0.05) is 23.2 Å². The van der Waals surface area contributed by atoms with Crippen LogP contribution in [0.3, 0.4) is 0 Å². The number of amides is 1. The fraction of sp³-hybridized carbons (Fsp3) is 0.261. The molecule has 2 heterocycles. The number of aryl methyl sites for hydroxylation is 2. The Bertz CT molecular complexity index is 1270. The van der Waals surface area contributed by atoms with Gasteiger partial charge in [0.2, 0.25) is 5.91 Å². The van der Waals surface area contributed by atoms with Crippen LogP contribution in [0.4, 0.5) is 13.9 Å². The van der Waals surface area contributed by atoms with Crippen LogP contribution in [0.1, 0.15) is 17.0 Å². The van der Waals surface area contributed by atoms with E-state index in [9.17, 15) is 13.6 Å². The third-order valence-electron chi connectivity index (χ3n) is 5.09. The van der Waals surface area contributed by atoms with Crippen molar-refractivity contribution < 1.29 is 13.6 Å². The first-order valence-corrected chi connectivity index (χ1v) is 12.1. The molecule has 0 N–H and O–H groups in total. The molecular weight excluding hydrogens is 450 g/mol.